The summed E-state index contributed by atoms with van der Waals surface area (Å²) in [5.41, 5.74) is -0.344. The van der Waals surface area contributed by atoms with Gasteiger partial charge in [0, 0.05) is 58.8 Å². The normalized spacial score (nSPS) is 24.5. The number of aromatic nitrogens is 8. The van der Waals surface area contributed by atoms with Crippen LogP contribution < -0.4 is 10.6 Å². The van der Waals surface area contributed by atoms with Crippen molar-refractivity contribution in [2.75, 3.05) is 10.6 Å². The maximum atomic E-state index is 13.2. The van der Waals surface area contributed by atoms with Crippen LogP contribution in [0, 0.1) is 58.2 Å². The fraction of sp³-hybridized carbons (Fsp3) is 0.409. The molecule has 6 aromatic heterocycles. The number of hydrogen-bond donors (Lipinski definition) is 6. The Labute approximate surface area is 370 Å². The number of anilines is 2. The molecule has 0 unspecified atom stereocenters. The summed E-state index contributed by atoms with van der Waals surface area (Å²) < 4.78 is 79.3. The smallest absolute Gasteiger partial charge is 0.417 e. The van der Waals surface area contributed by atoms with Crippen molar-refractivity contribution < 1.29 is 46.1 Å². The fourth-order valence-electron chi connectivity index (χ4n) is 10.5. The molecule has 6 aliphatic rings. The van der Waals surface area contributed by atoms with E-state index in [2.05, 4.69) is 50.5 Å². The lowest BCUT2D eigenvalue weighted by Gasteiger charge is -2.46. The molecule has 0 saturated heterocycles. The van der Waals surface area contributed by atoms with Gasteiger partial charge in [-0.25, -0.2) is 29.9 Å². The standard InChI is InChI=1S/2C22H19F3N6O2/c2*23-22(24,25)13-5-14-15(9-28-19(14)27-8-13)17-12(6-26)7-29-21(30-17)31-18-11-3-1-10(2-4-11)16(18)20(32)33/h2*5,7-11,16,18H,1-4H2,(H,27,28)(H,32,33)(H,29,30,31)/t2*10?,11?,16-,18-/m10/s1. The number of alkyl halides is 6. The predicted octanol–water partition coefficient (Wildman–Crippen LogP) is 8.42. The summed E-state index contributed by atoms with van der Waals surface area (Å²) in [6, 6.07) is 5.18. The van der Waals surface area contributed by atoms with Gasteiger partial charge in [-0.3, -0.25) is 9.59 Å². The predicted molar refractivity (Wildman–Crippen MR) is 222 cm³/mol. The lowest BCUT2D eigenvalue weighted by molar-refractivity contribution is -0.149. The third-order valence-corrected chi connectivity index (χ3v) is 13.6. The van der Waals surface area contributed by atoms with E-state index < -0.39 is 47.3 Å². The molecule has 0 aliphatic heterocycles. The van der Waals surface area contributed by atoms with Crippen molar-refractivity contribution in [2.45, 2.75) is 75.8 Å². The highest BCUT2D eigenvalue weighted by atomic mass is 19.4. The number of rotatable bonds is 8. The number of aromatic amines is 2. The molecule has 0 radical (unpaired) electrons. The molecule has 6 heterocycles. The van der Waals surface area contributed by atoms with Crippen LogP contribution >= 0.6 is 0 Å². The second-order valence-corrected chi connectivity index (χ2v) is 17.2. The summed E-state index contributed by atoms with van der Waals surface area (Å²) in [5.74, 6) is -2.05. The zero-order valence-corrected chi connectivity index (χ0v) is 34.5. The monoisotopic (exact) mass is 912 g/mol. The van der Waals surface area contributed by atoms with Crippen LogP contribution in [0.1, 0.15) is 73.6 Å². The molecule has 4 atom stereocenters. The molecule has 0 spiro atoms. The van der Waals surface area contributed by atoms with Crippen molar-refractivity contribution in [1.29, 1.82) is 10.5 Å². The minimum absolute atomic E-state index is 0.0822. The zero-order chi connectivity index (χ0) is 46.7. The van der Waals surface area contributed by atoms with Gasteiger partial charge >= 0.3 is 24.3 Å². The van der Waals surface area contributed by atoms with Crippen LogP contribution in [-0.2, 0) is 21.9 Å². The highest BCUT2D eigenvalue weighted by molar-refractivity contribution is 5.95. The number of halogens is 6. The molecule has 4 bridgehead atoms. The lowest BCUT2D eigenvalue weighted by Crippen LogP contribution is -2.51. The summed E-state index contributed by atoms with van der Waals surface area (Å²) in [5, 5.41) is 45.3. The largest absolute Gasteiger partial charge is 0.481 e. The van der Waals surface area contributed by atoms with Gasteiger partial charge in [0.2, 0.25) is 11.9 Å². The summed E-state index contributed by atoms with van der Waals surface area (Å²) >= 11 is 0. The molecule has 22 heteroatoms. The number of aliphatic carboxylic acids is 2. The summed E-state index contributed by atoms with van der Waals surface area (Å²) in [7, 11) is 0. The minimum atomic E-state index is -4.57. The quantitative estimate of drug-likeness (QED) is 0.0784. The van der Waals surface area contributed by atoms with Gasteiger partial charge in [0.1, 0.15) is 23.4 Å². The van der Waals surface area contributed by atoms with Crippen molar-refractivity contribution in [3.8, 4) is 34.7 Å². The first-order valence-corrected chi connectivity index (χ1v) is 21.1. The molecule has 6 fully saturated rings. The van der Waals surface area contributed by atoms with E-state index in [0.29, 0.717) is 0 Å². The van der Waals surface area contributed by atoms with Gasteiger partial charge in [-0.15, -0.1) is 0 Å². The van der Waals surface area contributed by atoms with Crippen LogP contribution in [0.15, 0.2) is 49.3 Å². The highest BCUT2D eigenvalue weighted by Crippen LogP contribution is 2.48. The second-order valence-electron chi connectivity index (χ2n) is 17.2. The summed E-state index contributed by atoms with van der Waals surface area (Å²) in [6.07, 6.45) is 5.02. The van der Waals surface area contributed by atoms with Gasteiger partial charge in [0.15, 0.2) is 0 Å². The van der Waals surface area contributed by atoms with E-state index in [1.165, 1.54) is 24.8 Å². The molecule has 16 nitrogen and oxygen atoms in total. The van der Waals surface area contributed by atoms with E-state index in [1.54, 1.807) is 0 Å². The number of H-pyrrole nitrogens is 2. The average Bonchev–Trinajstić information content (AvgIpc) is 3.93. The number of hydrogen-bond acceptors (Lipinski definition) is 12. The van der Waals surface area contributed by atoms with Gasteiger partial charge in [-0.05, 0) is 87.2 Å². The third kappa shape index (κ3) is 8.15. The van der Waals surface area contributed by atoms with Gasteiger partial charge < -0.3 is 30.8 Å². The van der Waals surface area contributed by atoms with Gasteiger partial charge in [-0.2, -0.15) is 36.9 Å². The first-order chi connectivity index (χ1) is 31.5. The van der Waals surface area contributed by atoms with Gasteiger partial charge in [0.05, 0.1) is 57.9 Å². The Hall–Kier alpha value is -7.36. The second kappa shape index (κ2) is 16.9. The fourth-order valence-corrected chi connectivity index (χ4v) is 10.5. The first kappa shape index (κ1) is 43.9. The number of nitrogens with one attached hydrogen (secondary N) is 4. The van der Waals surface area contributed by atoms with Crippen LogP contribution in [0.2, 0.25) is 0 Å². The average molecular weight is 913 g/mol. The summed E-state index contributed by atoms with van der Waals surface area (Å²) in [4.78, 5) is 54.4. The SMILES string of the molecule is N#Cc1cnc(N[C@@H]2C3CCC(CC3)[C@H]2C(=O)O)nc1-c1c[nH]c2ncc(C(F)(F)F)cc12.N#Cc1cnc(N[C@H]2C3CCC(CC3)[C@@H]2C(=O)O)nc1-c1c[nH]c2ncc(C(F)(F)F)cc12. The van der Waals surface area contributed by atoms with E-state index >= 15 is 0 Å². The maximum absolute atomic E-state index is 13.2. The topological polar surface area (TPSA) is 255 Å². The van der Waals surface area contributed by atoms with Crippen molar-refractivity contribution in [2.24, 2.45) is 35.5 Å². The van der Waals surface area contributed by atoms with Gasteiger partial charge in [0.25, 0.3) is 0 Å². The van der Waals surface area contributed by atoms with Crippen molar-refractivity contribution in [1.82, 2.24) is 39.9 Å². The number of fused-ring (bicyclic) bond motifs is 8. The zero-order valence-electron chi connectivity index (χ0n) is 34.5. The van der Waals surface area contributed by atoms with Crippen LogP contribution in [0.4, 0.5) is 38.2 Å². The van der Waals surface area contributed by atoms with E-state index in [4.69, 9.17) is 0 Å². The molecule has 0 amide bonds. The Balaban J connectivity index is 0.000000166. The van der Waals surface area contributed by atoms with Gasteiger partial charge in [-0.1, -0.05) is 0 Å². The number of nitriles is 2. The maximum Gasteiger partial charge on any atom is 0.417 e. The molecule has 6 N–H and O–H groups in total. The molecule has 66 heavy (non-hydrogen) atoms. The molecular weight excluding hydrogens is 875 g/mol. The van der Waals surface area contributed by atoms with Crippen LogP contribution in [0.25, 0.3) is 44.6 Å². The molecule has 6 aromatic rings. The van der Waals surface area contributed by atoms with Crippen LogP contribution in [0.3, 0.4) is 0 Å². The minimum Gasteiger partial charge on any atom is -0.481 e. The molecule has 0 aromatic carbocycles. The Morgan fingerprint density at radius 2 is 0.955 bits per heavy atom. The molecule has 340 valence electrons. The van der Waals surface area contributed by atoms with Crippen LogP contribution in [0.5, 0.6) is 0 Å². The Bertz CT molecular complexity index is 2740. The Kier molecular flexibility index (Phi) is 11.2. The number of pyridine rings is 2. The highest BCUT2D eigenvalue weighted by Gasteiger charge is 2.49. The number of carbonyl (C=O) groups is 2. The Morgan fingerprint density at radius 3 is 1.29 bits per heavy atom. The van der Waals surface area contributed by atoms with Crippen molar-refractivity contribution >= 4 is 45.9 Å². The van der Waals surface area contributed by atoms with Crippen molar-refractivity contribution in [3.63, 3.8) is 0 Å². The summed E-state index contributed by atoms with van der Waals surface area (Å²) in [6.45, 7) is 0. The molecule has 6 aliphatic carbocycles. The molecule has 6 saturated carbocycles. The lowest BCUT2D eigenvalue weighted by atomic mass is 9.61. The van der Waals surface area contributed by atoms with E-state index in [9.17, 15) is 56.7 Å². The van der Waals surface area contributed by atoms with E-state index in [1.807, 2.05) is 12.1 Å². The molecular formula is C44H38F6N12O4. The van der Waals surface area contributed by atoms with Crippen molar-refractivity contribution in [3.05, 3.63) is 71.6 Å². The number of carboxylic acid groups (broad SMARTS) is 2. The third-order valence-electron chi connectivity index (χ3n) is 13.6. The van der Waals surface area contributed by atoms with Crippen LogP contribution in [-0.4, -0.2) is 74.1 Å². The van der Waals surface area contributed by atoms with E-state index in [0.717, 1.165) is 75.9 Å². The number of nitrogens with zero attached hydrogens (tertiary/aromatic N) is 8. The Morgan fingerprint density at radius 1 is 0.591 bits per heavy atom. The number of carboxylic acids is 2. The first-order valence-electron chi connectivity index (χ1n) is 21.1. The van der Waals surface area contributed by atoms with E-state index in [-0.39, 0.29) is 103 Å². The molecule has 12 rings (SSSR count).